The molecule has 1 aromatic carbocycles. The van der Waals surface area contributed by atoms with E-state index in [0.29, 0.717) is 6.04 Å². The molecule has 1 aromatic rings. The number of piperazine rings is 1. The fourth-order valence-corrected chi connectivity index (χ4v) is 3.56. The van der Waals surface area contributed by atoms with Crippen molar-refractivity contribution in [3.05, 3.63) is 35.9 Å². The lowest BCUT2D eigenvalue weighted by molar-refractivity contribution is 0.0345. The maximum Gasteiger partial charge on any atom is 0.0558 e. The highest BCUT2D eigenvalue weighted by molar-refractivity contribution is 5.25. The predicted octanol–water partition coefficient (Wildman–Crippen LogP) is 3.24. The maximum atomic E-state index is 3.83. The van der Waals surface area contributed by atoms with Crippen LogP contribution in [-0.2, 0) is 5.54 Å². The van der Waals surface area contributed by atoms with Gasteiger partial charge in [0.2, 0.25) is 0 Å². The van der Waals surface area contributed by atoms with E-state index in [2.05, 4.69) is 61.3 Å². The smallest absolute Gasteiger partial charge is 0.0558 e. The molecule has 20 heavy (non-hydrogen) atoms. The van der Waals surface area contributed by atoms with Crippen LogP contribution in [-0.4, -0.2) is 30.6 Å². The lowest BCUT2D eigenvalue weighted by atomic mass is 9.85. The molecule has 0 amide bonds. The molecule has 2 atom stereocenters. The highest BCUT2D eigenvalue weighted by Crippen LogP contribution is 2.38. The van der Waals surface area contributed by atoms with E-state index in [-0.39, 0.29) is 5.54 Å². The van der Waals surface area contributed by atoms with Crippen LogP contribution in [0.3, 0.4) is 0 Å². The summed E-state index contributed by atoms with van der Waals surface area (Å²) in [6, 6.07) is 11.7. The zero-order valence-corrected chi connectivity index (χ0v) is 13.1. The normalized spacial score (nSPS) is 31.7. The molecule has 1 N–H and O–H groups in total. The molecule has 0 bridgehead atoms. The Balaban J connectivity index is 1.83. The highest BCUT2D eigenvalue weighted by Gasteiger charge is 2.43. The topological polar surface area (TPSA) is 15.3 Å². The largest absolute Gasteiger partial charge is 0.310 e. The number of rotatable bonds is 4. The molecule has 2 fully saturated rings. The zero-order valence-electron chi connectivity index (χ0n) is 13.1. The SMILES string of the molecule is CC(C)CN1CC(C2CC2)NCC1(C)c1ccccc1. The van der Waals surface area contributed by atoms with E-state index in [0.717, 1.165) is 18.4 Å². The standard InChI is InChI=1S/C18H28N2/c1-14(2)11-20-12-17(15-9-10-15)19-13-18(20,3)16-7-5-4-6-8-16/h4-8,14-15,17,19H,9-13H2,1-3H3. The third-order valence-corrected chi connectivity index (χ3v) is 5.00. The first-order valence-electron chi connectivity index (χ1n) is 8.13. The molecule has 1 heterocycles. The molecular weight excluding hydrogens is 244 g/mol. The molecule has 2 unspecified atom stereocenters. The first kappa shape index (κ1) is 14.1. The van der Waals surface area contributed by atoms with Crippen LogP contribution in [0.15, 0.2) is 30.3 Å². The fourth-order valence-electron chi connectivity index (χ4n) is 3.56. The Kier molecular flexibility index (Phi) is 3.87. The average molecular weight is 272 g/mol. The van der Waals surface area contributed by atoms with Crippen LogP contribution in [0, 0.1) is 11.8 Å². The van der Waals surface area contributed by atoms with Gasteiger partial charge in [-0.1, -0.05) is 44.2 Å². The van der Waals surface area contributed by atoms with Gasteiger partial charge in [0.25, 0.3) is 0 Å². The summed E-state index contributed by atoms with van der Waals surface area (Å²) in [6.45, 7) is 10.5. The number of nitrogens with one attached hydrogen (secondary N) is 1. The van der Waals surface area contributed by atoms with Gasteiger partial charge in [0.05, 0.1) is 5.54 Å². The van der Waals surface area contributed by atoms with Gasteiger partial charge in [0.1, 0.15) is 0 Å². The minimum atomic E-state index is 0.136. The van der Waals surface area contributed by atoms with E-state index < -0.39 is 0 Å². The van der Waals surface area contributed by atoms with Crippen molar-refractivity contribution in [2.45, 2.75) is 45.2 Å². The van der Waals surface area contributed by atoms with E-state index in [4.69, 9.17) is 0 Å². The van der Waals surface area contributed by atoms with Crippen molar-refractivity contribution in [3.8, 4) is 0 Å². The predicted molar refractivity (Wildman–Crippen MR) is 84.7 cm³/mol. The Morgan fingerprint density at radius 1 is 1.25 bits per heavy atom. The van der Waals surface area contributed by atoms with E-state index >= 15 is 0 Å². The van der Waals surface area contributed by atoms with Gasteiger partial charge in [-0.3, -0.25) is 4.90 Å². The van der Waals surface area contributed by atoms with Gasteiger partial charge in [0.15, 0.2) is 0 Å². The van der Waals surface area contributed by atoms with Crippen LogP contribution in [0.5, 0.6) is 0 Å². The molecule has 0 radical (unpaired) electrons. The lowest BCUT2D eigenvalue weighted by Gasteiger charge is -2.49. The van der Waals surface area contributed by atoms with Crippen molar-refractivity contribution in [1.82, 2.24) is 10.2 Å². The molecule has 1 saturated carbocycles. The summed E-state index contributed by atoms with van der Waals surface area (Å²) in [5.74, 6) is 1.65. The van der Waals surface area contributed by atoms with Gasteiger partial charge in [-0.2, -0.15) is 0 Å². The van der Waals surface area contributed by atoms with E-state index in [1.165, 1.54) is 31.5 Å². The van der Waals surface area contributed by atoms with Crippen LogP contribution >= 0.6 is 0 Å². The van der Waals surface area contributed by atoms with Crippen LogP contribution in [0.25, 0.3) is 0 Å². The second kappa shape index (κ2) is 5.50. The first-order valence-corrected chi connectivity index (χ1v) is 8.13. The van der Waals surface area contributed by atoms with Gasteiger partial charge >= 0.3 is 0 Å². The average Bonchev–Trinajstić information content (AvgIpc) is 3.26. The first-order chi connectivity index (χ1) is 9.59. The van der Waals surface area contributed by atoms with Crippen molar-refractivity contribution < 1.29 is 0 Å². The molecule has 0 aromatic heterocycles. The fraction of sp³-hybridized carbons (Fsp3) is 0.667. The molecule has 1 saturated heterocycles. The molecule has 110 valence electrons. The Hall–Kier alpha value is -0.860. The highest BCUT2D eigenvalue weighted by atomic mass is 15.3. The third-order valence-electron chi connectivity index (χ3n) is 5.00. The van der Waals surface area contributed by atoms with Gasteiger partial charge in [-0.15, -0.1) is 0 Å². The van der Waals surface area contributed by atoms with Gasteiger partial charge < -0.3 is 5.32 Å². The van der Waals surface area contributed by atoms with E-state index in [9.17, 15) is 0 Å². The van der Waals surface area contributed by atoms with Crippen LogP contribution in [0.4, 0.5) is 0 Å². The maximum absolute atomic E-state index is 3.83. The second-order valence-corrected chi connectivity index (χ2v) is 7.26. The van der Waals surface area contributed by atoms with Crippen molar-refractivity contribution in [2.24, 2.45) is 11.8 Å². The summed E-state index contributed by atoms with van der Waals surface area (Å²) in [7, 11) is 0. The Bertz CT molecular complexity index is 438. The number of benzene rings is 1. The van der Waals surface area contributed by atoms with E-state index in [1.807, 2.05) is 0 Å². The quantitative estimate of drug-likeness (QED) is 0.905. The summed E-state index contributed by atoms with van der Waals surface area (Å²) in [4.78, 5) is 2.73. The Morgan fingerprint density at radius 3 is 2.55 bits per heavy atom. The number of hydrogen-bond acceptors (Lipinski definition) is 2. The van der Waals surface area contributed by atoms with Crippen molar-refractivity contribution >= 4 is 0 Å². The van der Waals surface area contributed by atoms with Gasteiger partial charge in [0, 0.05) is 25.7 Å². The zero-order chi connectivity index (χ0) is 14.2. The second-order valence-electron chi connectivity index (χ2n) is 7.26. The molecular formula is C18H28N2. The summed E-state index contributed by atoms with van der Waals surface area (Å²) >= 11 is 0. The van der Waals surface area contributed by atoms with Crippen molar-refractivity contribution in [2.75, 3.05) is 19.6 Å². The molecule has 2 heteroatoms. The molecule has 2 nitrogen and oxygen atoms in total. The Morgan fingerprint density at radius 2 is 1.95 bits per heavy atom. The number of nitrogens with zero attached hydrogens (tertiary/aromatic N) is 1. The molecule has 1 aliphatic heterocycles. The molecule has 3 rings (SSSR count). The number of hydrogen-bond donors (Lipinski definition) is 1. The molecule has 1 aliphatic carbocycles. The minimum absolute atomic E-state index is 0.136. The summed E-state index contributed by atoms with van der Waals surface area (Å²) in [5.41, 5.74) is 1.58. The van der Waals surface area contributed by atoms with Crippen LogP contribution < -0.4 is 5.32 Å². The van der Waals surface area contributed by atoms with Crippen molar-refractivity contribution in [1.29, 1.82) is 0 Å². The molecule has 0 spiro atoms. The summed E-state index contributed by atoms with van der Waals surface area (Å²) < 4.78 is 0. The van der Waals surface area contributed by atoms with Crippen LogP contribution in [0.2, 0.25) is 0 Å². The minimum Gasteiger partial charge on any atom is -0.310 e. The lowest BCUT2D eigenvalue weighted by Crippen LogP contribution is -2.62. The summed E-state index contributed by atoms with van der Waals surface area (Å²) in [6.07, 6.45) is 2.85. The third kappa shape index (κ3) is 2.77. The van der Waals surface area contributed by atoms with Gasteiger partial charge in [-0.05, 0) is 37.2 Å². The molecule has 2 aliphatic rings. The van der Waals surface area contributed by atoms with Gasteiger partial charge in [-0.25, -0.2) is 0 Å². The van der Waals surface area contributed by atoms with Crippen molar-refractivity contribution in [3.63, 3.8) is 0 Å². The van der Waals surface area contributed by atoms with E-state index in [1.54, 1.807) is 0 Å². The summed E-state index contributed by atoms with van der Waals surface area (Å²) in [5, 5.41) is 3.83. The van der Waals surface area contributed by atoms with Crippen LogP contribution in [0.1, 0.15) is 39.2 Å². The monoisotopic (exact) mass is 272 g/mol. The Labute approximate surface area is 123 Å².